The standard InChI is InChI=1S/C25H54N4O3S/c1-3-5-7-9-11-13-15-17-19-21-23-29(28-33(31,32)27-25(26)30)24-22-20-18-16-14-12-10-8-6-4-2/h28H,3-24H2,1-2H3,(H3,26,27,30). The molecule has 0 bridgehead atoms. The van der Waals surface area contributed by atoms with Gasteiger partial charge in [-0.3, -0.25) is 0 Å². The molecule has 0 spiro atoms. The van der Waals surface area contributed by atoms with Crippen LogP contribution >= 0.6 is 0 Å². The van der Waals surface area contributed by atoms with Gasteiger partial charge < -0.3 is 5.73 Å². The maximum Gasteiger partial charge on any atom is 0.326 e. The van der Waals surface area contributed by atoms with E-state index in [2.05, 4.69) is 18.7 Å². The van der Waals surface area contributed by atoms with E-state index in [4.69, 9.17) is 5.73 Å². The van der Waals surface area contributed by atoms with Crippen LogP contribution in [0.5, 0.6) is 0 Å². The van der Waals surface area contributed by atoms with E-state index in [1.807, 2.05) is 0 Å². The molecule has 0 unspecified atom stereocenters. The summed E-state index contributed by atoms with van der Waals surface area (Å²) in [5.41, 5.74) is 4.98. The summed E-state index contributed by atoms with van der Waals surface area (Å²) in [5.74, 6) is 0. The Hall–Kier alpha value is -0.860. The Morgan fingerprint density at radius 2 is 0.909 bits per heavy atom. The van der Waals surface area contributed by atoms with Gasteiger partial charge in [0.2, 0.25) is 0 Å². The first-order valence-electron chi connectivity index (χ1n) is 13.8. The predicted octanol–water partition coefficient (Wildman–Crippen LogP) is 6.55. The molecule has 0 aliphatic rings. The Balaban J connectivity index is 4.06. The van der Waals surface area contributed by atoms with Crippen molar-refractivity contribution >= 4 is 16.2 Å². The van der Waals surface area contributed by atoms with Gasteiger partial charge in [-0.2, -0.15) is 8.42 Å². The van der Waals surface area contributed by atoms with E-state index in [1.54, 1.807) is 9.73 Å². The Labute approximate surface area is 205 Å². The van der Waals surface area contributed by atoms with Crippen LogP contribution in [0.4, 0.5) is 4.79 Å². The molecule has 198 valence electrons. The number of nitrogens with zero attached hydrogens (tertiary/aromatic N) is 1. The minimum Gasteiger partial charge on any atom is -0.351 e. The smallest absolute Gasteiger partial charge is 0.326 e. The first kappa shape index (κ1) is 32.1. The highest BCUT2D eigenvalue weighted by atomic mass is 32.2. The maximum atomic E-state index is 12.1. The number of amides is 2. The normalized spacial score (nSPS) is 11.8. The third-order valence-electron chi connectivity index (χ3n) is 6.05. The molecule has 33 heavy (non-hydrogen) atoms. The highest BCUT2D eigenvalue weighted by molar-refractivity contribution is 7.88. The van der Waals surface area contributed by atoms with Crippen LogP contribution in [0.15, 0.2) is 0 Å². The van der Waals surface area contributed by atoms with Gasteiger partial charge in [0.1, 0.15) is 0 Å². The van der Waals surface area contributed by atoms with Crippen LogP contribution in [-0.4, -0.2) is 32.5 Å². The number of carbonyl (C=O) groups excluding carboxylic acids is 1. The first-order valence-corrected chi connectivity index (χ1v) is 15.2. The number of hydrazine groups is 1. The molecule has 8 heteroatoms. The summed E-state index contributed by atoms with van der Waals surface area (Å²) < 4.78 is 25.9. The molecule has 0 rings (SSSR count). The molecule has 0 radical (unpaired) electrons. The fourth-order valence-corrected chi connectivity index (χ4v) is 4.94. The highest BCUT2D eigenvalue weighted by Gasteiger charge is 2.16. The Kier molecular flexibility index (Phi) is 22.3. The lowest BCUT2D eigenvalue weighted by Crippen LogP contribution is -2.51. The molecule has 4 N–H and O–H groups in total. The maximum absolute atomic E-state index is 12.1. The van der Waals surface area contributed by atoms with E-state index in [0.29, 0.717) is 13.1 Å². The molecule has 0 heterocycles. The molecular weight excluding hydrogens is 436 g/mol. The molecule has 2 amide bonds. The molecule has 0 aliphatic heterocycles. The van der Waals surface area contributed by atoms with Crippen LogP contribution in [0.2, 0.25) is 0 Å². The number of nitrogens with one attached hydrogen (secondary N) is 2. The third kappa shape index (κ3) is 24.1. The molecule has 0 aromatic heterocycles. The van der Waals surface area contributed by atoms with Crippen LogP contribution in [-0.2, 0) is 10.2 Å². The van der Waals surface area contributed by atoms with Gasteiger partial charge in [0.15, 0.2) is 0 Å². The van der Waals surface area contributed by atoms with Crippen molar-refractivity contribution < 1.29 is 13.2 Å². The van der Waals surface area contributed by atoms with Gasteiger partial charge in [-0.15, -0.1) is 4.83 Å². The number of carbonyl (C=O) groups is 1. The van der Waals surface area contributed by atoms with Crippen molar-refractivity contribution in [3.05, 3.63) is 0 Å². The van der Waals surface area contributed by atoms with Crippen molar-refractivity contribution in [2.45, 2.75) is 142 Å². The lowest BCUT2D eigenvalue weighted by molar-refractivity contribution is 0.226. The molecule has 7 nitrogen and oxygen atoms in total. The molecular formula is C25H54N4O3S. The quantitative estimate of drug-likeness (QED) is 0.0997. The summed E-state index contributed by atoms with van der Waals surface area (Å²) in [7, 11) is -3.95. The molecule has 0 fully saturated rings. The predicted molar refractivity (Wildman–Crippen MR) is 140 cm³/mol. The Morgan fingerprint density at radius 1 is 0.606 bits per heavy atom. The summed E-state index contributed by atoms with van der Waals surface area (Å²) >= 11 is 0. The molecule has 0 aromatic carbocycles. The number of rotatable bonds is 25. The second-order valence-corrected chi connectivity index (χ2v) is 10.8. The van der Waals surface area contributed by atoms with Crippen molar-refractivity contribution in [2.75, 3.05) is 13.1 Å². The molecule has 0 saturated heterocycles. The van der Waals surface area contributed by atoms with Crippen molar-refractivity contribution in [3.63, 3.8) is 0 Å². The van der Waals surface area contributed by atoms with Gasteiger partial charge in [-0.25, -0.2) is 14.5 Å². The second kappa shape index (κ2) is 22.9. The lowest BCUT2D eigenvalue weighted by atomic mass is 10.1. The van der Waals surface area contributed by atoms with Crippen LogP contribution in [0.1, 0.15) is 142 Å². The van der Waals surface area contributed by atoms with Gasteiger partial charge >= 0.3 is 16.2 Å². The van der Waals surface area contributed by atoms with Crippen molar-refractivity contribution in [1.29, 1.82) is 0 Å². The van der Waals surface area contributed by atoms with Gasteiger partial charge in [0.05, 0.1) is 0 Å². The summed E-state index contributed by atoms with van der Waals surface area (Å²) in [4.78, 5) is 13.4. The molecule has 0 aromatic rings. The zero-order valence-corrected chi connectivity index (χ0v) is 22.5. The first-order chi connectivity index (χ1) is 15.9. The molecule has 0 saturated carbocycles. The zero-order chi connectivity index (χ0) is 24.6. The number of nitrogens with two attached hydrogens (primary N) is 1. The summed E-state index contributed by atoms with van der Waals surface area (Å²) in [6.45, 7) is 5.77. The minimum atomic E-state index is -3.95. The molecule has 0 aliphatic carbocycles. The van der Waals surface area contributed by atoms with Crippen molar-refractivity contribution in [3.8, 4) is 0 Å². The number of hydrogen-bond acceptors (Lipinski definition) is 4. The summed E-state index contributed by atoms with van der Waals surface area (Å²) in [6, 6.07) is -1.07. The van der Waals surface area contributed by atoms with Crippen LogP contribution in [0, 0.1) is 0 Å². The van der Waals surface area contributed by atoms with E-state index in [0.717, 1.165) is 25.7 Å². The average molecular weight is 491 g/mol. The fourth-order valence-electron chi connectivity index (χ4n) is 4.11. The highest BCUT2D eigenvalue weighted by Crippen LogP contribution is 2.12. The van der Waals surface area contributed by atoms with E-state index in [9.17, 15) is 13.2 Å². The van der Waals surface area contributed by atoms with Crippen LogP contribution < -0.4 is 15.3 Å². The Bertz CT molecular complexity index is 520. The fraction of sp³-hybridized carbons (Fsp3) is 0.960. The largest absolute Gasteiger partial charge is 0.351 e. The van der Waals surface area contributed by atoms with E-state index < -0.39 is 16.2 Å². The number of unbranched alkanes of at least 4 members (excludes halogenated alkanes) is 18. The minimum absolute atomic E-state index is 0.646. The molecule has 0 atom stereocenters. The van der Waals surface area contributed by atoms with Gasteiger partial charge in [-0.1, -0.05) is 129 Å². The summed E-state index contributed by atoms with van der Waals surface area (Å²) in [6.07, 6.45) is 24.8. The third-order valence-corrected chi connectivity index (χ3v) is 7.02. The SMILES string of the molecule is CCCCCCCCCCCCN(CCCCCCCCCCCC)NS(=O)(=O)NC(N)=O. The second-order valence-electron chi connectivity index (χ2n) is 9.41. The van der Waals surface area contributed by atoms with Crippen molar-refractivity contribution in [2.24, 2.45) is 5.73 Å². The number of hydrogen-bond donors (Lipinski definition) is 3. The zero-order valence-electron chi connectivity index (χ0n) is 21.7. The van der Waals surface area contributed by atoms with Crippen molar-refractivity contribution in [1.82, 2.24) is 14.6 Å². The number of primary amides is 1. The van der Waals surface area contributed by atoms with Gasteiger partial charge in [0, 0.05) is 13.1 Å². The average Bonchev–Trinajstić information content (AvgIpc) is 2.75. The Morgan fingerprint density at radius 3 is 1.21 bits per heavy atom. The van der Waals surface area contributed by atoms with E-state index in [-0.39, 0.29) is 0 Å². The van der Waals surface area contributed by atoms with E-state index >= 15 is 0 Å². The number of urea groups is 1. The summed E-state index contributed by atoms with van der Waals surface area (Å²) in [5, 5.41) is 1.72. The van der Waals surface area contributed by atoms with E-state index in [1.165, 1.54) is 103 Å². The van der Waals surface area contributed by atoms with Gasteiger partial charge in [-0.05, 0) is 12.8 Å². The monoisotopic (exact) mass is 490 g/mol. The van der Waals surface area contributed by atoms with Crippen LogP contribution in [0.25, 0.3) is 0 Å². The topological polar surface area (TPSA) is 105 Å². The van der Waals surface area contributed by atoms with Crippen LogP contribution in [0.3, 0.4) is 0 Å². The van der Waals surface area contributed by atoms with Gasteiger partial charge in [0.25, 0.3) is 0 Å². The lowest BCUT2D eigenvalue weighted by Gasteiger charge is -2.23.